The third-order valence-corrected chi connectivity index (χ3v) is 5.39. The third-order valence-electron chi connectivity index (χ3n) is 4.26. The zero-order valence-electron chi connectivity index (χ0n) is 14.0. The second-order valence-electron chi connectivity index (χ2n) is 6.06. The molecule has 0 unspecified atom stereocenters. The van der Waals surface area contributed by atoms with Gasteiger partial charge in [-0.15, -0.1) is 11.3 Å². The third kappa shape index (κ3) is 3.52. The molecule has 0 fully saturated rings. The van der Waals surface area contributed by atoms with Crippen LogP contribution in [-0.4, -0.2) is 10.5 Å². The van der Waals surface area contributed by atoms with Crippen molar-refractivity contribution >= 4 is 39.7 Å². The zero-order chi connectivity index (χ0) is 17.9. The molecular formula is C21H17ClN2OS. The average Bonchev–Trinajstić information content (AvgIpc) is 3.28. The van der Waals surface area contributed by atoms with Crippen molar-refractivity contribution < 1.29 is 4.79 Å². The van der Waals surface area contributed by atoms with E-state index >= 15 is 0 Å². The van der Waals surface area contributed by atoms with Crippen molar-refractivity contribution in [1.29, 1.82) is 0 Å². The first-order chi connectivity index (χ1) is 12.7. The van der Waals surface area contributed by atoms with Crippen LogP contribution in [0.25, 0.3) is 21.5 Å². The fourth-order valence-corrected chi connectivity index (χ4v) is 4.02. The van der Waals surface area contributed by atoms with Gasteiger partial charge >= 0.3 is 0 Å². The standard InChI is InChI=1S/C21H17ClN2OS/c22-17-7-3-5-15(11-17)13-23-21(25)14-24-18-8-2-1-6-16(18)12-19(24)20-9-4-10-26-20/h1-12H,13-14H2,(H,23,25). The molecule has 130 valence electrons. The lowest BCUT2D eigenvalue weighted by atomic mass is 10.2. The number of nitrogens with zero attached hydrogens (tertiary/aromatic N) is 1. The number of rotatable bonds is 5. The van der Waals surface area contributed by atoms with Crippen LogP contribution in [0, 0.1) is 0 Å². The van der Waals surface area contributed by atoms with Gasteiger partial charge in [-0.25, -0.2) is 0 Å². The molecule has 0 aliphatic carbocycles. The van der Waals surface area contributed by atoms with E-state index in [1.807, 2.05) is 42.5 Å². The van der Waals surface area contributed by atoms with Crippen LogP contribution in [0.15, 0.2) is 72.1 Å². The molecule has 2 aromatic carbocycles. The lowest BCUT2D eigenvalue weighted by molar-refractivity contribution is -0.121. The summed E-state index contributed by atoms with van der Waals surface area (Å²) < 4.78 is 2.08. The molecule has 5 heteroatoms. The highest BCUT2D eigenvalue weighted by Crippen LogP contribution is 2.31. The fourth-order valence-electron chi connectivity index (χ4n) is 3.06. The van der Waals surface area contributed by atoms with E-state index in [-0.39, 0.29) is 12.5 Å². The van der Waals surface area contributed by atoms with Crippen LogP contribution in [0.1, 0.15) is 5.56 Å². The first-order valence-corrected chi connectivity index (χ1v) is 9.60. The Morgan fingerprint density at radius 3 is 2.73 bits per heavy atom. The van der Waals surface area contributed by atoms with E-state index in [0.29, 0.717) is 11.6 Å². The second-order valence-corrected chi connectivity index (χ2v) is 7.44. The van der Waals surface area contributed by atoms with Crippen LogP contribution in [0.2, 0.25) is 5.02 Å². The van der Waals surface area contributed by atoms with Crippen molar-refractivity contribution in [3.8, 4) is 10.6 Å². The minimum atomic E-state index is -0.0239. The Labute approximate surface area is 160 Å². The van der Waals surface area contributed by atoms with Crippen molar-refractivity contribution in [2.45, 2.75) is 13.1 Å². The summed E-state index contributed by atoms with van der Waals surface area (Å²) in [4.78, 5) is 13.7. The monoisotopic (exact) mass is 380 g/mol. The zero-order valence-corrected chi connectivity index (χ0v) is 15.6. The Bertz CT molecular complexity index is 1050. The van der Waals surface area contributed by atoms with Gasteiger partial charge in [0.2, 0.25) is 5.91 Å². The van der Waals surface area contributed by atoms with Crippen LogP contribution >= 0.6 is 22.9 Å². The van der Waals surface area contributed by atoms with E-state index in [1.165, 1.54) is 0 Å². The summed E-state index contributed by atoms with van der Waals surface area (Å²) in [6.45, 7) is 0.744. The molecule has 26 heavy (non-hydrogen) atoms. The largest absolute Gasteiger partial charge is 0.350 e. The molecule has 0 aliphatic rings. The molecule has 0 aliphatic heterocycles. The fraction of sp³-hybridized carbons (Fsp3) is 0.0952. The molecule has 1 N–H and O–H groups in total. The van der Waals surface area contributed by atoms with E-state index in [1.54, 1.807) is 11.3 Å². The molecule has 3 nitrogen and oxygen atoms in total. The van der Waals surface area contributed by atoms with Gasteiger partial charge in [0.1, 0.15) is 6.54 Å². The predicted octanol–water partition coefficient (Wildman–Crippen LogP) is 5.34. The Balaban J connectivity index is 1.58. The lowest BCUT2D eigenvalue weighted by Gasteiger charge is -2.11. The number of carbonyl (C=O) groups excluding carboxylic acids is 1. The van der Waals surface area contributed by atoms with Crippen LogP contribution < -0.4 is 5.32 Å². The van der Waals surface area contributed by atoms with Crippen molar-refractivity contribution in [1.82, 2.24) is 9.88 Å². The molecule has 0 atom stereocenters. The normalized spacial score (nSPS) is 11.0. The molecule has 0 spiro atoms. The summed E-state index contributed by atoms with van der Waals surface area (Å²) in [5, 5.41) is 6.85. The van der Waals surface area contributed by atoms with Crippen LogP contribution in [-0.2, 0) is 17.9 Å². The summed E-state index contributed by atoms with van der Waals surface area (Å²) in [7, 11) is 0. The number of aromatic nitrogens is 1. The topological polar surface area (TPSA) is 34.0 Å². The van der Waals surface area contributed by atoms with Crippen molar-refractivity contribution in [3.63, 3.8) is 0 Å². The minimum Gasteiger partial charge on any atom is -0.350 e. The van der Waals surface area contributed by atoms with E-state index < -0.39 is 0 Å². The second kappa shape index (κ2) is 7.36. The Kier molecular flexibility index (Phi) is 4.78. The quantitative estimate of drug-likeness (QED) is 0.498. The summed E-state index contributed by atoms with van der Waals surface area (Å²) in [5.41, 5.74) is 3.12. The highest BCUT2D eigenvalue weighted by atomic mass is 35.5. The highest BCUT2D eigenvalue weighted by molar-refractivity contribution is 7.13. The molecular weight excluding hydrogens is 364 g/mol. The first kappa shape index (κ1) is 16.9. The molecule has 4 rings (SSSR count). The SMILES string of the molecule is O=C(Cn1c(-c2cccs2)cc2ccccc21)NCc1cccc(Cl)c1. The molecule has 1 amide bonds. The van der Waals surface area contributed by atoms with Gasteiger partial charge in [-0.05, 0) is 41.3 Å². The van der Waals surface area contributed by atoms with E-state index in [9.17, 15) is 4.79 Å². The Morgan fingerprint density at radius 2 is 1.92 bits per heavy atom. The van der Waals surface area contributed by atoms with E-state index in [4.69, 9.17) is 11.6 Å². The first-order valence-electron chi connectivity index (χ1n) is 8.34. The Morgan fingerprint density at radius 1 is 1.04 bits per heavy atom. The highest BCUT2D eigenvalue weighted by Gasteiger charge is 2.14. The summed E-state index contributed by atoms with van der Waals surface area (Å²) in [6.07, 6.45) is 0. The maximum absolute atomic E-state index is 12.6. The number of thiophene rings is 1. The molecule has 2 heterocycles. The smallest absolute Gasteiger partial charge is 0.240 e. The molecule has 4 aromatic rings. The number of carbonyl (C=O) groups is 1. The van der Waals surface area contributed by atoms with Gasteiger partial charge in [-0.2, -0.15) is 0 Å². The number of hydrogen-bond acceptors (Lipinski definition) is 2. The van der Waals surface area contributed by atoms with Crippen molar-refractivity contribution in [2.24, 2.45) is 0 Å². The van der Waals surface area contributed by atoms with Crippen LogP contribution in [0.3, 0.4) is 0 Å². The number of nitrogens with one attached hydrogen (secondary N) is 1. The summed E-state index contributed by atoms with van der Waals surface area (Å²) >= 11 is 7.68. The maximum Gasteiger partial charge on any atom is 0.240 e. The molecule has 0 bridgehead atoms. The van der Waals surface area contributed by atoms with Gasteiger partial charge in [-0.1, -0.05) is 48.0 Å². The number of benzene rings is 2. The van der Waals surface area contributed by atoms with E-state index in [2.05, 4.69) is 39.5 Å². The number of para-hydroxylation sites is 1. The van der Waals surface area contributed by atoms with Crippen molar-refractivity contribution in [3.05, 3.63) is 82.7 Å². The van der Waals surface area contributed by atoms with Gasteiger partial charge < -0.3 is 9.88 Å². The van der Waals surface area contributed by atoms with Gasteiger partial charge in [0.05, 0.1) is 10.6 Å². The number of amides is 1. The minimum absolute atomic E-state index is 0.0239. The molecule has 0 saturated heterocycles. The number of fused-ring (bicyclic) bond motifs is 1. The van der Waals surface area contributed by atoms with Gasteiger partial charge in [0, 0.05) is 22.5 Å². The average molecular weight is 381 g/mol. The maximum atomic E-state index is 12.6. The van der Waals surface area contributed by atoms with Gasteiger partial charge in [0.25, 0.3) is 0 Å². The van der Waals surface area contributed by atoms with Gasteiger partial charge in [0.15, 0.2) is 0 Å². The number of hydrogen-bond donors (Lipinski definition) is 1. The van der Waals surface area contributed by atoms with E-state index in [0.717, 1.165) is 27.0 Å². The van der Waals surface area contributed by atoms with Gasteiger partial charge in [-0.3, -0.25) is 4.79 Å². The molecule has 2 aromatic heterocycles. The van der Waals surface area contributed by atoms with Crippen LogP contribution in [0.5, 0.6) is 0 Å². The Hall–Kier alpha value is -2.56. The van der Waals surface area contributed by atoms with Crippen molar-refractivity contribution in [2.75, 3.05) is 0 Å². The molecule has 0 radical (unpaired) electrons. The number of halogens is 1. The van der Waals surface area contributed by atoms with Crippen LogP contribution in [0.4, 0.5) is 0 Å². The summed E-state index contributed by atoms with van der Waals surface area (Å²) in [5.74, 6) is -0.0239. The summed E-state index contributed by atoms with van der Waals surface area (Å²) in [6, 6.07) is 21.9. The predicted molar refractivity (Wildman–Crippen MR) is 109 cm³/mol. The lowest BCUT2D eigenvalue weighted by Crippen LogP contribution is -2.27. The molecule has 0 saturated carbocycles.